The third-order valence-electron chi connectivity index (χ3n) is 2.61. The molecule has 1 rings (SSSR count). The van der Waals surface area contributed by atoms with Crippen LogP contribution in [0, 0.1) is 47.8 Å². The zero-order valence-corrected chi connectivity index (χ0v) is 20.3. The Morgan fingerprint density at radius 1 is 0.826 bits per heavy atom. The first-order chi connectivity index (χ1) is 8.79. The molecule has 0 atom stereocenters. The number of aliphatic imine (C=N–C) groups is 2. The standard InChI is InChI=1S/C16H25N3.3ClH.Nd/c1-10(2)17-13(6)15-8-12(5)9-16(19-15)14(7)18-11(3)4;;;;/h8-11H,1-7H3;3*1H;/q;;;;+3/p-3. The van der Waals surface area contributed by atoms with Gasteiger partial charge in [0, 0.05) is 12.1 Å². The van der Waals surface area contributed by atoms with E-state index in [0.717, 1.165) is 22.8 Å². The van der Waals surface area contributed by atoms with Crippen LogP contribution >= 0.6 is 0 Å². The zero-order chi connectivity index (χ0) is 14.6. The Balaban J connectivity index is -0.000000451. The van der Waals surface area contributed by atoms with Crippen LogP contribution in [0.15, 0.2) is 22.1 Å². The smallest absolute Gasteiger partial charge is 1.00 e. The molecule has 0 unspecified atom stereocenters. The monoisotopic (exact) mass is 506 g/mol. The van der Waals surface area contributed by atoms with Gasteiger partial charge in [-0.25, -0.2) is 4.98 Å². The van der Waals surface area contributed by atoms with E-state index in [1.807, 2.05) is 13.8 Å². The topological polar surface area (TPSA) is 37.6 Å². The van der Waals surface area contributed by atoms with Gasteiger partial charge in [0.1, 0.15) is 0 Å². The molecular formula is C16H25Cl3N3Nd. The van der Waals surface area contributed by atoms with E-state index in [9.17, 15) is 0 Å². The minimum absolute atomic E-state index is 0. The van der Waals surface area contributed by atoms with Gasteiger partial charge in [0.15, 0.2) is 0 Å². The average molecular weight is 510 g/mol. The van der Waals surface area contributed by atoms with Gasteiger partial charge in [-0.3, -0.25) is 9.98 Å². The average Bonchev–Trinajstić information content (AvgIpc) is 2.26. The molecule has 0 saturated carbocycles. The third kappa shape index (κ3) is 11.8. The fourth-order valence-corrected chi connectivity index (χ4v) is 1.94. The first kappa shape index (κ1) is 31.5. The molecule has 0 amide bonds. The molecular weight excluding hydrogens is 485 g/mol. The fourth-order valence-electron chi connectivity index (χ4n) is 1.94. The maximum atomic E-state index is 4.68. The number of nitrogens with zero attached hydrogens (tertiary/aromatic N) is 3. The molecule has 0 spiro atoms. The summed E-state index contributed by atoms with van der Waals surface area (Å²) in [6.07, 6.45) is 0. The van der Waals surface area contributed by atoms with E-state index in [-0.39, 0.29) is 90.1 Å². The van der Waals surface area contributed by atoms with E-state index in [1.54, 1.807) is 0 Å². The van der Waals surface area contributed by atoms with Crippen molar-refractivity contribution in [2.45, 2.75) is 60.5 Å². The molecule has 0 N–H and O–H groups in total. The van der Waals surface area contributed by atoms with Crippen LogP contribution in [0.3, 0.4) is 0 Å². The van der Waals surface area contributed by atoms with Gasteiger partial charge in [0.05, 0.1) is 22.8 Å². The number of aromatic nitrogens is 1. The van der Waals surface area contributed by atoms with Gasteiger partial charge in [-0.15, -0.1) is 0 Å². The summed E-state index contributed by atoms with van der Waals surface area (Å²) in [4.78, 5) is 13.8. The third-order valence-corrected chi connectivity index (χ3v) is 2.61. The maximum Gasteiger partial charge on any atom is 3.00 e. The molecule has 0 aliphatic heterocycles. The van der Waals surface area contributed by atoms with Crippen molar-refractivity contribution in [3.63, 3.8) is 0 Å². The Morgan fingerprint density at radius 2 is 1.13 bits per heavy atom. The van der Waals surface area contributed by atoms with Crippen LogP contribution < -0.4 is 37.2 Å². The second-order valence-corrected chi connectivity index (χ2v) is 5.53. The number of hydrogen-bond acceptors (Lipinski definition) is 3. The molecule has 1 aromatic rings. The van der Waals surface area contributed by atoms with Crippen LogP contribution in [-0.2, 0) is 0 Å². The summed E-state index contributed by atoms with van der Waals surface area (Å²) in [6.45, 7) is 14.4. The summed E-state index contributed by atoms with van der Waals surface area (Å²) in [6, 6.07) is 4.73. The van der Waals surface area contributed by atoms with Crippen LogP contribution in [0.4, 0.5) is 0 Å². The molecule has 1 aromatic heterocycles. The van der Waals surface area contributed by atoms with Gasteiger partial charge in [-0.05, 0) is 66.2 Å². The number of aryl methyl sites for hydroxylation is 1. The first-order valence-corrected chi connectivity index (χ1v) is 6.87. The Morgan fingerprint density at radius 3 is 1.39 bits per heavy atom. The van der Waals surface area contributed by atoms with Crippen LogP contribution in [0.5, 0.6) is 0 Å². The summed E-state index contributed by atoms with van der Waals surface area (Å²) in [7, 11) is 0. The Bertz CT molecular complexity index is 473. The van der Waals surface area contributed by atoms with Gasteiger partial charge in [0.25, 0.3) is 0 Å². The predicted octanol–water partition coefficient (Wildman–Crippen LogP) is -5.16. The second kappa shape index (κ2) is 15.0. The molecule has 1 heterocycles. The summed E-state index contributed by atoms with van der Waals surface area (Å²) in [5.74, 6) is 0. The molecule has 0 aliphatic carbocycles. The van der Waals surface area contributed by atoms with Crippen molar-refractivity contribution in [2.75, 3.05) is 0 Å². The molecule has 3 nitrogen and oxygen atoms in total. The van der Waals surface area contributed by atoms with E-state index >= 15 is 0 Å². The molecule has 0 fully saturated rings. The molecule has 129 valence electrons. The minimum Gasteiger partial charge on any atom is -1.00 e. The summed E-state index contributed by atoms with van der Waals surface area (Å²) < 4.78 is 0. The Hall–Kier alpha value is 0.711. The van der Waals surface area contributed by atoms with Crippen LogP contribution in [0.2, 0.25) is 0 Å². The first-order valence-electron chi connectivity index (χ1n) is 6.87. The van der Waals surface area contributed by atoms with E-state index in [2.05, 4.69) is 61.7 Å². The number of rotatable bonds is 4. The van der Waals surface area contributed by atoms with Gasteiger partial charge < -0.3 is 37.2 Å². The minimum atomic E-state index is 0. The summed E-state index contributed by atoms with van der Waals surface area (Å²) >= 11 is 0. The maximum absolute atomic E-state index is 4.68. The normalized spacial score (nSPS) is 11.2. The molecule has 0 aromatic carbocycles. The molecule has 23 heavy (non-hydrogen) atoms. The molecule has 0 bridgehead atoms. The molecule has 1 radical (unpaired) electrons. The quantitative estimate of drug-likeness (QED) is 0.374. The van der Waals surface area contributed by atoms with Crippen molar-refractivity contribution in [1.82, 2.24) is 4.98 Å². The zero-order valence-electron chi connectivity index (χ0n) is 14.8. The van der Waals surface area contributed by atoms with Crippen molar-refractivity contribution < 1.29 is 78.1 Å². The van der Waals surface area contributed by atoms with Gasteiger partial charge >= 0.3 is 40.8 Å². The molecule has 7 heteroatoms. The van der Waals surface area contributed by atoms with Crippen molar-refractivity contribution in [3.8, 4) is 0 Å². The van der Waals surface area contributed by atoms with E-state index in [1.165, 1.54) is 5.56 Å². The molecule has 0 saturated heterocycles. The SMILES string of the molecule is CC(=NC(C)C)c1cc(C)cc(C(C)=NC(C)C)n1.[Cl-].[Cl-].[Cl-].[Nd+3]. The van der Waals surface area contributed by atoms with Gasteiger partial charge in [0.2, 0.25) is 0 Å². The van der Waals surface area contributed by atoms with E-state index in [4.69, 9.17) is 0 Å². The summed E-state index contributed by atoms with van der Waals surface area (Å²) in [5, 5.41) is 0. The second-order valence-electron chi connectivity index (χ2n) is 5.53. The van der Waals surface area contributed by atoms with E-state index in [0.29, 0.717) is 0 Å². The van der Waals surface area contributed by atoms with E-state index < -0.39 is 0 Å². The predicted molar refractivity (Wildman–Crippen MR) is 83.7 cm³/mol. The number of hydrogen-bond donors (Lipinski definition) is 0. The Labute approximate surface area is 192 Å². The summed E-state index contributed by atoms with van der Waals surface area (Å²) in [5.41, 5.74) is 5.05. The van der Waals surface area contributed by atoms with Crippen molar-refractivity contribution in [1.29, 1.82) is 0 Å². The van der Waals surface area contributed by atoms with Crippen molar-refractivity contribution in [2.24, 2.45) is 9.98 Å². The number of halogens is 3. The largest absolute Gasteiger partial charge is 3.00 e. The number of pyridine rings is 1. The van der Waals surface area contributed by atoms with Crippen molar-refractivity contribution in [3.05, 3.63) is 29.1 Å². The van der Waals surface area contributed by atoms with Gasteiger partial charge in [-0.1, -0.05) is 0 Å². The van der Waals surface area contributed by atoms with Gasteiger partial charge in [-0.2, -0.15) is 0 Å². The molecule has 0 aliphatic rings. The van der Waals surface area contributed by atoms with Crippen LogP contribution in [0.25, 0.3) is 0 Å². The van der Waals surface area contributed by atoms with Crippen molar-refractivity contribution >= 4 is 11.4 Å². The fraction of sp³-hybridized carbons (Fsp3) is 0.562. The van der Waals surface area contributed by atoms with Crippen LogP contribution in [-0.4, -0.2) is 28.5 Å². The van der Waals surface area contributed by atoms with Crippen LogP contribution in [0.1, 0.15) is 58.5 Å². The Kier molecular flexibility index (Phi) is 20.5.